The number of aromatic nitrogens is 1. The van der Waals surface area contributed by atoms with E-state index in [1.807, 2.05) is 13.0 Å². The molecule has 0 unspecified atom stereocenters. The van der Waals surface area contributed by atoms with Gasteiger partial charge < -0.3 is 13.8 Å². The molecule has 0 aliphatic carbocycles. The van der Waals surface area contributed by atoms with Crippen LogP contribution in [-0.2, 0) is 10.0 Å². The molecular formula is C20H23N3O4S. The van der Waals surface area contributed by atoms with Crippen molar-refractivity contribution in [2.45, 2.75) is 31.7 Å². The highest BCUT2D eigenvalue weighted by atomic mass is 32.2. The van der Waals surface area contributed by atoms with Crippen molar-refractivity contribution < 1.29 is 17.4 Å². The molecule has 2 aromatic heterocycles. The summed E-state index contributed by atoms with van der Waals surface area (Å²) in [7, 11) is -3.66. The molecule has 0 amide bonds. The molecule has 1 aliphatic rings. The van der Waals surface area contributed by atoms with Crippen molar-refractivity contribution in [2.75, 3.05) is 24.5 Å². The molecule has 1 fully saturated rings. The molecule has 0 N–H and O–H groups in total. The Morgan fingerprint density at radius 2 is 1.93 bits per heavy atom. The van der Waals surface area contributed by atoms with Crippen LogP contribution in [-0.4, -0.2) is 43.6 Å². The minimum atomic E-state index is -3.66. The zero-order chi connectivity index (χ0) is 19.9. The van der Waals surface area contributed by atoms with Crippen molar-refractivity contribution in [1.82, 2.24) is 9.46 Å². The fraction of sp³-hybridized carbons (Fsp3) is 0.350. The van der Waals surface area contributed by atoms with E-state index in [0.29, 0.717) is 36.9 Å². The summed E-state index contributed by atoms with van der Waals surface area (Å²) in [6, 6.07) is 11.5. The summed E-state index contributed by atoms with van der Waals surface area (Å²) in [5, 5.41) is 3.64. The number of hydrogen-bond donors (Lipinski definition) is 0. The van der Waals surface area contributed by atoms with Gasteiger partial charge in [0.15, 0.2) is 5.76 Å². The Balaban J connectivity index is 1.57. The number of rotatable bonds is 4. The molecule has 7 nitrogen and oxygen atoms in total. The number of benzene rings is 1. The first-order valence-electron chi connectivity index (χ1n) is 9.21. The predicted molar refractivity (Wildman–Crippen MR) is 106 cm³/mol. The summed E-state index contributed by atoms with van der Waals surface area (Å²) in [4.78, 5) is 2.43. The lowest BCUT2D eigenvalue weighted by Crippen LogP contribution is -2.53. The number of nitrogens with zero attached hydrogens (tertiary/aromatic N) is 3. The molecule has 1 atom stereocenters. The van der Waals surface area contributed by atoms with Crippen LogP contribution in [0, 0.1) is 13.8 Å². The minimum Gasteiger partial charge on any atom is -0.457 e. The maximum absolute atomic E-state index is 13.2. The van der Waals surface area contributed by atoms with E-state index in [1.165, 1.54) is 22.1 Å². The first kappa shape index (κ1) is 18.8. The first-order valence-corrected chi connectivity index (χ1v) is 10.7. The molecule has 1 saturated heterocycles. The molecule has 28 heavy (non-hydrogen) atoms. The summed E-state index contributed by atoms with van der Waals surface area (Å²) in [5.74, 6) is 1.11. The fourth-order valence-corrected chi connectivity index (χ4v) is 5.33. The van der Waals surface area contributed by atoms with Crippen molar-refractivity contribution in [3.8, 4) is 11.5 Å². The van der Waals surface area contributed by atoms with Crippen LogP contribution in [0.5, 0.6) is 0 Å². The largest absolute Gasteiger partial charge is 0.457 e. The second kappa shape index (κ2) is 7.10. The molecule has 148 valence electrons. The van der Waals surface area contributed by atoms with Gasteiger partial charge in [0.25, 0.3) is 0 Å². The molecule has 0 radical (unpaired) electrons. The highest BCUT2D eigenvalue weighted by Crippen LogP contribution is 2.31. The van der Waals surface area contributed by atoms with Gasteiger partial charge in [-0.15, -0.1) is 0 Å². The van der Waals surface area contributed by atoms with E-state index in [2.05, 4.69) is 35.2 Å². The maximum Gasteiger partial charge on any atom is 0.246 e. The Hall–Kier alpha value is -2.58. The molecule has 3 aromatic rings. The Morgan fingerprint density at radius 1 is 1.11 bits per heavy atom. The number of furan rings is 1. The molecule has 1 aromatic carbocycles. The number of sulfonamides is 1. The summed E-state index contributed by atoms with van der Waals surface area (Å²) in [6.45, 7) is 7.23. The Kier molecular flexibility index (Phi) is 4.76. The van der Waals surface area contributed by atoms with Crippen LogP contribution >= 0.6 is 0 Å². The van der Waals surface area contributed by atoms with Crippen LogP contribution in [0.3, 0.4) is 0 Å². The molecule has 1 aliphatic heterocycles. The van der Waals surface area contributed by atoms with Crippen molar-refractivity contribution in [2.24, 2.45) is 0 Å². The van der Waals surface area contributed by atoms with Gasteiger partial charge >= 0.3 is 0 Å². The number of piperazine rings is 1. The Labute approximate surface area is 164 Å². The topological polar surface area (TPSA) is 79.8 Å². The minimum absolute atomic E-state index is 0.0614. The third-order valence-electron chi connectivity index (χ3n) is 5.09. The van der Waals surface area contributed by atoms with Crippen molar-refractivity contribution in [3.63, 3.8) is 0 Å². The smallest absolute Gasteiger partial charge is 0.246 e. The number of hydrogen-bond acceptors (Lipinski definition) is 6. The van der Waals surface area contributed by atoms with Gasteiger partial charge in [-0.3, -0.25) is 0 Å². The van der Waals surface area contributed by atoms with E-state index in [9.17, 15) is 8.42 Å². The predicted octanol–water partition coefficient (Wildman–Crippen LogP) is 3.45. The highest BCUT2D eigenvalue weighted by Gasteiger charge is 2.35. The van der Waals surface area contributed by atoms with Gasteiger partial charge in [0.1, 0.15) is 10.7 Å². The van der Waals surface area contributed by atoms with E-state index < -0.39 is 10.0 Å². The van der Waals surface area contributed by atoms with Gasteiger partial charge in [-0.05, 0) is 38.5 Å². The summed E-state index contributed by atoms with van der Waals surface area (Å²) >= 11 is 0. The van der Waals surface area contributed by atoms with Gasteiger partial charge in [0, 0.05) is 43.5 Å². The SMILES string of the molecule is Cc1cccc(N2CCN(S(=O)(=O)c3cc(-c4ccno4)oc3C)C[C@H]2C)c1. The first-order chi connectivity index (χ1) is 13.4. The van der Waals surface area contributed by atoms with E-state index in [-0.39, 0.29) is 10.9 Å². The van der Waals surface area contributed by atoms with Crippen LogP contribution < -0.4 is 4.90 Å². The van der Waals surface area contributed by atoms with Gasteiger partial charge in [-0.1, -0.05) is 17.3 Å². The number of anilines is 1. The maximum atomic E-state index is 13.2. The van der Waals surface area contributed by atoms with Crippen LogP contribution in [0.2, 0.25) is 0 Å². The zero-order valence-electron chi connectivity index (χ0n) is 16.1. The van der Waals surface area contributed by atoms with Gasteiger partial charge in [0.2, 0.25) is 15.8 Å². The molecule has 3 heterocycles. The molecule has 0 spiro atoms. The Morgan fingerprint density at radius 3 is 2.61 bits per heavy atom. The van der Waals surface area contributed by atoms with Crippen LogP contribution in [0.1, 0.15) is 18.2 Å². The third-order valence-corrected chi connectivity index (χ3v) is 7.07. The molecule has 0 bridgehead atoms. The molecular weight excluding hydrogens is 378 g/mol. The van der Waals surface area contributed by atoms with Gasteiger partial charge in [-0.2, -0.15) is 4.31 Å². The quantitative estimate of drug-likeness (QED) is 0.666. The zero-order valence-corrected chi connectivity index (χ0v) is 16.9. The second-order valence-corrected chi connectivity index (χ2v) is 9.06. The highest BCUT2D eigenvalue weighted by molar-refractivity contribution is 7.89. The normalized spacial score (nSPS) is 18.5. The average Bonchev–Trinajstić information content (AvgIpc) is 3.31. The number of aryl methyl sites for hydroxylation is 2. The standard InChI is InChI=1S/C20H23N3O4S/c1-14-5-4-6-17(11-14)23-10-9-22(13-15(23)2)28(24,25)20-12-19(26-16(20)3)18-7-8-21-27-18/h4-8,11-12,15H,9-10,13H2,1-3H3/t15-/m1/s1. The van der Waals surface area contributed by atoms with Crippen molar-refractivity contribution >= 4 is 15.7 Å². The van der Waals surface area contributed by atoms with E-state index >= 15 is 0 Å². The summed E-state index contributed by atoms with van der Waals surface area (Å²) in [5.41, 5.74) is 2.31. The van der Waals surface area contributed by atoms with Gasteiger partial charge in [0.05, 0.1) is 6.20 Å². The monoisotopic (exact) mass is 401 g/mol. The molecule has 4 rings (SSSR count). The third kappa shape index (κ3) is 3.33. The van der Waals surface area contributed by atoms with E-state index in [4.69, 9.17) is 8.94 Å². The molecule has 0 saturated carbocycles. The Bertz CT molecular complexity index is 1070. The molecule has 8 heteroatoms. The second-order valence-electron chi connectivity index (χ2n) is 7.15. The van der Waals surface area contributed by atoms with Crippen molar-refractivity contribution in [3.05, 3.63) is 53.9 Å². The van der Waals surface area contributed by atoms with Gasteiger partial charge in [-0.25, -0.2) is 8.42 Å². The van der Waals surface area contributed by atoms with E-state index in [0.717, 1.165) is 5.69 Å². The summed E-state index contributed by atoms with van der Waals surface area (Å²) in [6.07, 6.45) is 1.49. The average molecular weight is 401 g/mol. The van der Waals surface area contributed by atoms with E-state index in [1.54, 1.807) is 13.0 Å². The fourth-order valence-electron chi connectivity index (χ4n) is 3.66. The van der Waals surface area contributed by atoms with Crippen LogP contribution in [0.4, 0.5) is 5.69 Å². The lowest BCUT2D eigenvalue weighted by molar-refractivity contribution is 0.342. The lowest BCUT2D eigenvalue weighted by Gasteiger charge is -2.40. The lowest BCUT2D eigenvalue weighted by atomic mass is 10.1. The van der Waals surface area contributed by atoms with Crippen LogP contribution in [0.15, 0.2) is 56.4 Å². The van der Waals surface area contributed by atoms with Crippen LogP contribution in [0.25, 0.3) is 11.5 Å². The van der Waals surface area contributed by atoms with Crippen molar-refractivity contribution in [1.29, 1.82) is 0 Å². The summed E-state index contributed by atoms with van der Waals surface area (Å²) < 4.78 is 38.7.